The second-order valence-electron chi connectivity index (χ2n) is 8.07. The number of fused-ring (bicyclic) bond motifs is 1. The van der Waals surface area contributed by atoms with Crippen LogP contribution in [-0.4, -0.2) is 19.5 Å². The lowest BCUT2D eigenvalue weighted by atomic mass is 10.1. The minimum atomic E-state index is -4.25. The Morgan fingerprint density at radius 2 is 1.71 bits per heavy atom. The maximum Gasteiger partial charge on any atom is 0.335 e. The third-order valence-corrected chi connectivity index (χ3v) is 8.74. The van der Waals surface area contributed by atoms with Crippen molar-refractivity contribution >= 4 is 42.4 Å². The van der Waals surface area contributed by atoms with Crippen molar-refractivity contribution in [3.8, 4) is 0 Å². The second-order valence-corrected chi connectivity index (χ2v) is 11.0. The number of carboxylic acid groups (broad SMARTS) is 1. The van der Waals surface area contributed by atoms with Crippen LogP contribution >= 0.6 is 11.3 Å². The van der Waals surface area contributed by atoms with Gasteiger partial charge in [0.05, 0.1) is 22.6 Å². The topological polar surface area (TPSA) is 74.7 Å². The van der Waals surface area contributed by atoms with E-state index in [4.69, 9.17) is 5.11 Å². The molecule has 0 saturated carbocycles. The van der Waals surface area contributed by atoms with Crippen molar-refractivity contribution < 1.29 is 31.5 Å². The van der Waals surface area contributed by atoms with Gasteiger partial charge in [-0.25, -0.2) is 26.4 Å². The zero-order chi connectivity index (χ0) is 25.5. The summed E-state index contributed by atoms with van der Waals surface area (Å²) in [5, 5.41) is 10.4. The van der Waals surface area contributed by atoms with Crippen LogP contribution in [0.5, 0.6) is 0 Å². The van der Waals surface area contributed by atoms with Crippen molar-refractivity contribution in [3.63, 3.8) is 0 Å². The molecule has 0 aliphatic heterocycles. The van der Waals surface area contributed by atoms with Gasteiger partial charge in [-0.05, 0) is 65.9 Å². The summed E-state index contributed by atoms with van der Waals surface area (Å²) >= 11 is 1.22. The van der Waals surface area contributed by atoms with Crippen LogP contribution < -0.4 is 4.31 Å². The SMILES string of the molecule is Cc1c(N(Cc2ccc(F)c(C(C)(F)F)c2)S(=O)(=O)c2ccc(C(=O)O)cc2)sc2ccccc12. The Morgan fingerprint density at radius 3 is 2.31 bits per heavy atom. The van der Waals surface area contributed by atoms with Gasteiger partial charge in [0.1, 0.15) is 10.8 Å². The molecule has 5 nitrogen and oxygen atoms in total. The van der Waals surface area contributed by atoms with Crippen LogP contribution in [0, 0.1) is 12.7 Å². The molecule has 0 atom stereocenters. The quantitative estimate of drug-likeness (QED) is 0.300. The van der Waals surface area contributed by atoms with E-state index in [1.165, 1.54) is 41.7 Å². The van der Waals surface area contributed by atoms with E-state index in [-0.39, 0.29) is 22.6 Å². The average molecular weight is 520 g/mol. The Hall–Kier alpha value is -3.37. The van der Waals surface area contributed by atoms with E-state index in [9.17, 15) is 26.4 Å². The highest BCUT2D eigenvalue weighted by molar-refractivity contribution is 7.93. The van der Waals surface area contributed by atoms with E-state index in [1.54, 1.807) is 6.92 Å². The molecular weight excluding hydrogens is 499 g/mol. The Balaban J connectivity index is 1.87. The van der Waals surface area contributed by atoms with Crippen LogP contribution in [0.3, 0.4) is 0 Å². The monoisotopic (exact) mass is 519 g/mol. The molecule has 1 heterocycles. The van der Waals surface area contributed by atoms with Crippen LogP contribution in [0.2, 0.25) is 0 Å². The fraction of sp³-hybridized carbons (Fsp3) is 0.160. The first-order valence-electron chi connectivity index (χ1n) is 10.4. The largest absolute Gasteiger partial charge is 0.478 e. The summed E-state index contributed by atoms with van der Waals surface area (Å²) < 4.78 is 71.4. The first-order valence-corrected chi connectivity index (χ1v) is 12.7. The van der Waals surface area contributed by atoms with Gasteiger partial charge in [0, 0.05) is 11.6 Å². The zero-order valence-electron chi connectivity index (χ0n) is 18.6. The number of benzene rings is 3. The fourth-order valence-electron chi connectivity index (χ4n) is 3.73. The zero-order valence-corrected chi connectivity index (χ0v) is 20.3. The van der Waals surface area contributed by atoms with Crippen molar-refractivity contribution in [2.45, 2.75) is 31.2 Å². The number of hydrogen-bond acceptors (Lipinski definition) is 4. The third kappa shape index (κ3) is 4.76. The number of alkyl halides is 2. The maximum absolute atomic E-state index is 14.1. The Bertz CT molecular complexity index is 1520. The number of rotatable bonds is 7. The molecule has 0 unspecified atom stereocenters. The van der Waals surface area contributed by atoms with Gasteiger partial charge in [-0.15, -0.1) is 11.3 Å². The lowest BCUT2D eigenvalue weighted by Crippen LogP contribution is -2.30. The Kier molecular flexibility index (Phi) is 6.37. The van der Waals surface area contributed by atoms with E-state index < -0.39 is 33.3 Å². The minimum Gasteiger partial charge on any atom is -0.478 e. The highest BCUT2D eigenvalue weighted by Crippen LogP contribution is 2.41. The van der Waals surface area contributed by atoms with E-state index in [1.807, 2.05) is 24.3 Å². The molecule has 1 N–H and O–H groups in total. The molecular formula is C25H20F3NO4S2. The summed E-state index contributed by atoms with van der Waals surface area (Å²) in [5.74, 6) is -5.74. The summed E-state index contributed by atoms with van der Waals surface area (Å²) in [6.45, 7) is 2.00. The normalized spacial score (nSPS) is 12.1. The van der Waals surface area contributed by atoms with Crippen molar-refractivity contribution in [3.05, 3.63) is 94.8 Å². The maximum atomic E-state index is 14.1. The summed E-state index contributed by atoms with van der Waals surface area (Å²) in [5.41, 5.74) is -0.0573. The molecule has 0 radical (unpaired) electrons. The van der Waals surface area contributed by atoms with Crippen LogP contribution in [0.4, 0.5) is 18.2 Å². The highest BCUT2D eigenvalue weighted by atomic mass is 32.2. The molecule has 35 heavy (non-hydrogen) atoms. The smallest absolute Gasteiger partial charge is 0.335 e. The number of halogens is 3. The van der Waals surface area contributed by atoms with Gasteiger partial charge >= 0.3 is 5.97 Å². The van der Waals surface area contributed by atoms with Crippen molar-refractivity contribution in [1.29, 1.82) is 0 Å². The number of hydrogen-bond donors (Lipinski definition) is 1. The molecule has 1 aromatic heterocycles. The number of aromatic carboxylic acids is 1. The third-order valence-electron chi connectivity index (χ3n) is 5.56. The van der Waals surface area contributed by atoms with E-state index in [0.717, 1.165) is 26.5 Å². The van der Waals surface area contributed by atoms with Crippen LogP contribution in [0.25, 0.3) is 10.1 Å². The molecule has 0 amide bonds. The van der Waals surface area contributed by atoms with Gasteiger partial charge in [-0.3, -0.25) is 4.31 Å². The minimum absolute atomic E-state index is 0.0816. The molecule has 0 aliphatic carbocycles. The van der Waals surface area contributed by atoms with Crippen molar-refractivity contribution in [2.75, 3.05) is 4.31 Å². The van der Waals surface area contributed by atoms with Crippen molar-refractivity contribution in [2.24, 2.45) is 0 Å². The number of thiophene rings is 1. The van der Waals surface area contributed by atoms with Crippen LogP contribution in [0.15, 0.2) is 71.6 Å². The van der Waals surface area contributed by atoms with Crippen molar-refractivity contribution in [1.82, 2.24) is 0 Å². The van der Waals surface area contributed by atoms with Gasteiger partial charge in [0.25, 0.3) is 15.9 Å². The van der Waals surface area contributed by atoms with Gasteiger partial charge < -0.3 is 5.11 Å². The number of sulfonamides is 1. The highest BCUT2D eigenvalue weighted by Gasteiger charge is 2.31. The molecule has 4 rings (SSSR count). The standard InChI is InChI=1S/C25H20F3NO4S2/c1-15-19-5-3-4-6-22(19)34-23(15)29(14-16-7-12-21(26)20(13-16)25(2,27)28)35(32,33)18-10-8-17(9-11-18)24(30)31/h3-13H,14H2,1-2H3,(H,30,31). The Morgan fingerprint density at radius 1 is 1.06 bits per heavy atom. The first kappa shape index (κ1) is 24.7. The lowest BCUT2D eigenvalue weighted by Gasteiger charge is -2.25. The molecule has 0 fully saturated rings. The lowest BCUT2D eigenvalue weighted by molar-refractivity contribution is 0.0137. The molecule has 0 bridgehead atoms. The van der Waals surface area contributed by atoms with Gasteiger partial charge in [0.15, 0.2) is 0 Å². The Labute approximate surface area is 204 Å². The van der Waals surface area contributed by atoms with E-state index >= 15 is 0 Å². The van der Waals surface area contributed by atoms with Gasteiger partial charge in [-0.2, -0.15) is 0 Å². The molecule has 0 aliphatic rings. The number of nitrogens with zero attached hydrogens (tertiary/aromatic N) is 1. The molecule has 182 valence electrons. The number of aryl methyl sites for hydroxylation is 1. The van der Waals surface area contributed by atoms with E-state index in [2.05, 4.69) is 0 Å². The van der Waals surface area contributed by atoms with Crippen LogP contribution in [-0.2, 0) is 22.5 Å². The van der Waals surface area contributed by atoms with E-state index in [0.29, 0.717) is 17.5 Å². The van der Waals surface area contributed by atoms with Crippen LogP contribution in [0.1, 0.15) is 34.0 Å². The predicted octanol–water partition coefficient (Wildman–Crippen LogP) is 6.55. The number of anilines is 1. The van der Waals surface area contributed by atoms with Gasteiger partial charge in [0.2, 0.25) is 0 Å². The fourth-order valence-corrected chi connectivity index (χ4v) is 6.67. The molecule has 10 heteroatoms. The average Bonchev–Trinajstić information content (AvgIpc) is 3.13. The molecule has 3 aromatic carbocycles. The molecule has 4 aromatic rings. The number of carbonyl (C=O) groups is 1. The number of carboxylic acids is 1. The second kappa shape index (κ2) is 9.01. The predicted molar refractivity (Wildman–Crippen MR) is 129 cm³/mol. The van der Waals surface area contributed by atoms with Gasteiger partial charge in [-0.1, -0.05) is 24.3 Å². The summed E-state index contributed by atoms with van der Waals surface area (Å²) in [7, 11) is -4.25. The molecule has 0 saturated heterocycles. The first-order chi connectivity index (χ1) is 16.4. The summed E-state index contributed by atoms with van der Waals surface area (Å²) in [4.78, 5) is 11.0. The summed E-state index contributed by atoms with van der Waals surface area (Å²) in [6, 6.07) is 15.2. The summed E-state index contributed by atoms with van der Waals surface area (Å²) in [6.07, 6.45) is 0. The molecule has 0 spiro atoms.